The van der Waals surface area contributed by atoms with Crippen LogP contribution >= 0.6 is 18.6 Å². The zero-order chi connectivity index (χ0) is 21.7. The fourth-order valence-electron chi connectivity index (χ4n) is 5.57. The fraction of sp³-hybridized carbons (Fsp3) is 0.542. The van der Waals surface area contributed by atoms with Crippen molar-refractivity contribution in [2.24, 2.45) is 11.8 Å². The van der Waals surface area contributed by atoms with Crippen LogP contribution in [0.5, 0.6) is 0 Å². The van der Waals surface area contributed by atoms with Crippen LogP contribution in [0, 0.1) is 19.3 Å². The summed E-state index contributed by atoms with van der Waals surface area (Å²) in [6.07, 6.45) is 9.98. The molecule has 3 atom stereocenters. The molecule has 3 nitrogen and oxygen atoms in total. The van der Waals surface area contributed by atoms with Gasteiger partial charge >= 0.3 is 35.6 Å². The Morgan fingerprint density at radius 1 is 1.06 bits per heavy atom. The second-order valence-corrected chi connectivity index (χ2v) is 16.5. The molecule has 2 aliphatic carbocycles. The number of hydrogen-bond donors (Lipinski definition) is 0. The molecule has 0 aromatic heterocycles. The zero-order valence-electron chi connectivity index (χ0n) is 19.6. The summed E-state index contributed by atoms with van der Waals surface area (Å²) in [7, 11) is 12.5. The van der Waals surface area contributed by atoms with Gasteiger partial charge in [-0.3, -0.25) is 0 Å². The van der Waals surface area contributed by atoms with Crippen molar-refractivity contribution in [1.82, 2.24) is 4.57 Å². The Labute approximate surface area is 208 Å². The standard InChI is InChI=1S/C23H34N3Si.CH3.2ClH.Ti/c1-25(2)19-10-8-18(9-11-19)20-6-5-7-22-21(20)12-13-23(22)27(3,4)26-16-14-24-15-17-26;;;;/h5-11,21-23H,12-17H2,1-4H3;1H3;2*1H;/q2*-1;;;+2/p-2. The molecule has 0 N–H and O–H groups in total. The maximum absolute atomic E-state index is 4.89. The van der Waals surface area contributed by atoms with E-state index in [0.29, 0.717) is 5.92 Å². The summed E-state index contributed by atoms with van der Waals surface area (Å²) < 4.78 is 2.84. The van der Waals surface area contributed by atoms with E-state index >= 15 is 0 Å². The third-order valence-corrected chi connectivity index (χ3v) is 11.8. The van der Waals surface area contributed by atoms with E-state index in [4.69, 9.17) is 18.6 Å². The van der Waals surface area contributed by atoms with Crippen LogP contribution in [0.1, 0.15) is 18.4 Å². The summed E-state index contributed by atoms with van der Waals surface area (Å²) in [5.41, 5.74) is 5.11. The molecule has 1 saturated heterocycles. The zero-order valence-corrected chi connectivity index (χ0v) is 23.7. The molecular formula is C24H37Cl2N3SiTi-2. The summed E-state index contributed by atoms with van der Waals surface area (Å²) in [5, 5.41) is 4.57. The normalized spacial score (nSPS) is 25.5. The van der Waals surface area contributed by atoms with Crippen molar-refractivity contribution in [1.29, 1.82) is 0 Å². The maximum atomic E-state index is 4.89. The molecule has 3 aliphatic rings. The van der Waals surface area contributed by atoms with E-state index in [-0.39, 0.29) is 7.43 Å². The van der Waals surface area contributed by atoms with E-state index in [0.717, 1.165) is 24.5 Å². The van der Waals surface area contributed by atoms with Crippen LogP contribution in [-0.4, -0.2) is 53.1 Å². The SMILES string of the molecule is CN(C)c1ccc(C2=CC=CC3C2CCC3[Si](C)(C)N2CC[N-]CC2)cc1.[CH3-].[Cl][Ti][Cl]. The van der Waals surface area contributed by atoms with Gasteiger partial charge in [-0.05, 0) is 60.2 Å². The van der Waals surface area contributed by atoms with Gasteiger partial charge in [-0.2, -0.15) is 0 Å². The number of piperazine rings is 1. The number of fused-ring (bicyclic) bond motifs is 1. The van der Waals surface area contributed by atoms with Crippen LogP contribution in [0.15, 0.2) is 42.5 Å². The molecule has 3 unspecified atom stereocenters. The molecule has 1 aromatic carbocycles. The monoisotopic (exact) mass is 513 g/mol. The van der Waals surface area contributed by atoms with Crippen molar-refractivity contribution in [3.63, 3.8) is 0 Å². The first-order valence-electron chi connectivity index (χ1n) is 10.9. The van der Waals surface area contributed by atoms with Gasteiger partial charge in [-0.15, -0.1) is 13.1 Å². The van der Waals surface area contributed by atoms with Gasteiger partial charge in [0.15, 0.2) is 0 Å². The molecule has 0 spiro atoms. The number of allylic oxidation sites excluding steroid dienone is 4. The Morgan fingerprint density at radius 2 is 1.68 bits per heavy atom. The second kappa shape index (κ2) is 12.4. The van der Waals surface area contributed by atoms with Gasteiger partial charge in [0.1, 0.15) is 8.24 Å². The van der Waals surface area contributed by atoms with Gasteiger partial charge in [-0.25, -0.2) is 0 Å². The second-order valence-electron chi connectivity index (χ2n) is 9.20. The molecule has 1 heterocycles. The third-order valence-electron chi connectivity index (χ3n) is 7.22. The van der Waals surface area contributed by atoms with Crippen LogP contribution < -0.4 is 4.90 Å². The van der Waals surface area contributed by atoms with Crippen molar-refractivity contribution in [2.75, 3.05) is 45.2 Å². The number of anilines is 1. The van der Waals surface area contributed by atoms with Gasteiger partial charge in [0, 0.05) is 19.8 Å². The van der Waals surface area contributed by atoms with Crippen molar-refractivity contribution in [2.45, 2.75) is 31.5 Å². The average Bonchev–Trinajstić information content (AvgIpc) is 3.20. The summed E-state index contributed by atoms with van der Waals surface area (Å²) in [5.74, 6) is 1.42. The molecular weight excluding hydrogens is 477 g/mol. The summed E-state index contributed by atoms with van der Waals surface area (Å²) in [6.45, 7) is 9.68. The van der Waals surface area contributed by atoms with E-state index in [1.165, 1.54) is 37.2 Å². The van der Waals surface area contributed by atoms with Gasteiger partial charge in [-0.1, -0.05) is 49.9 Å². The number of hydrogen-bond acceptors (Lipinski definition) is 2. The molecule has 172 valence electrons. The van der Waals surface area contributed by atoms with E-state index in [1.54, 1.807) is 5.57 Å². The van der Waals surface area contributed by atoms with Gasteiger partial charge < -0.3 is 22.2 Å². The number of rotatable bonds is 4. The molecule has 0 amide bonds. The van der Waals surface area contributed by atoms with Gasteiger partial charge in [0.2, 0.25) is 0 Å². The molecule has 0 bridgehead atoms. The fourth-order valence-corrected chi connectivity index (χ4v) is 9.55. The molecule has 4 rings (SSSR count). The number of halogens is 2. The number of nitrogens with zero attached hydrogens (tertiary/aromatic N) is 3. The van der Waals surface area contributed by atoms with Crippen molar-refractivity contribution in [3.8, 4) is 0 Å². The Bertz CT molecular complexity index is 746. The third kappa shape index (κ3) is 6.29. The molecule has 1 aromatic rings. The first-order chi connectivity index (χ1) is 14.4. The minimum atomic E-state index is -1.44. The quantitative estimate of drug-likeness (QED) is 0.325. The molecule has 31 heavy (non-hydrogen) atoms. The molecule has 2 fully saturated rings. The van der Waals surface area contributed by atoms with Gasteiger partial charge in [0.05, 0.1) is 0 Å². The molecule has 1 aliphatic heterocycles. The summed E-state index contributed by atoms with van der Waals surface area (Å²) in [6, 6.07) is 9.15. The van der Waals surface area contributed by atoms with Crippen LogP contribution in [0.25, 0.3) is 10.9 Å². The molecule has 0 radical (unpaired) electrons. The van der Waals surface area contributed by atoms with E-state index in [2.05, 4.69) is 84.5 Å². The Morgan fingerprint density at radius 3 is 2.26 bits per heavy atom. The predicted molar refractivity (Wildman–Crippen MR) is 138 cm³/mol. The first-order valence-corrected chi connectivity index (χ1v) is 18.2. The minimum absolute atomic E-state index is 0. The Kier molecular flexibility index (Phi) is 10.9. The molecule has 1 saturated carbocycles. The Hall–Kier alpha value is -0.0688. The topological polar surface area (TPSA) is 20.6 Å². The summed E-state index contributed by atoms with van der Waals surface area (Å²) in [4.78, 5) is 2.17. The van der Waals surface area contributed by atoms with Crippen molar-refractivity contribution >= 4 is 38.1 Å². The van der Waals surface area contributed by atoms with Crippen LogP contribution in [0.2, 0.25) is 18.6 Å². The first kappa shape index (κ1) is 27.2. The van der Waals surface area contributed by atoms with E-state index < -0.39 is 25.3 Å². The van der Waals surface area contributed by atoms with Crippen LogP contribution in [0.4, 0.5) is 5.69 Å². The van der Waals surface area contributed by atoms with Crippen molar-refractivity contribution in [3.05, 3.63) is 60.8 Å². The van der Waals surface area contributed by atoms with E-state index in [9.17, 15) is 0 Å². The van der Waals surface area contributed by atoms with Gasteiger partial charge in [0.25, 0.3) is 0 Å². The van der Waals surface area contributed by atoms with Crippen molar-refractivity contribution < 1.29 is 17.0 Å². The summed E-state index contributed by atoms with van der Waals surface area (Å²) >= 11 is -0.556. The number of benzene rings is 1. The Balaban J connectivity index is 0.000000808. The van der Waals surface area contributed by atoms with Crippen LogP contribution in [-0.2, 0) is 17.0 Å². The van der Waals surface area contributed by atoms with E-state index in [1.807, 2.05) is 0 Å². The van der Waals surface area contributed by atoms with Crippen LogP contribution in [0.3, 0.4) is 0 Å². The average molecular weight is 514 g/mol. The molecule has 7 heteroatoms. The predicted octanol–water partition coefficient (Wildman–Crippen LogP) is 6.82.